The quantitative estimate of drug-likeness (QED) is 0.847. The molecule has 0 aliphatic carbocycles. The van der Waals surface area contributed by atoms with Gasteiger partial charge in [-0.05, 0) is 6.92 Å². The van der Waals surface area contributed by atoms with Gasteiger partial charge in [0.05, 0.1) is 37.2 Å². The van der Waals surface area contributed by atoms with Gasteiger partial charge in [0, 0.05) is 0 Å². The van der Waals surface area contributed by atoms with Crippen LogP contribution in [0.2, 0.25) is 5.02 Å². The predicted octanol–water partition coefficient (Wildman–Crippen LogP) is 1.30. The highest BCUT2D eigenvalue weighted by Crippen LogP contribution is 2.18. The van der Waals surface area contributed by atoms with E-state index in [1.165, 1.54) is 12.4 Å². The van der Waals surface area contributed by atoms with E-state index in [1.54, 1.807) is 0 Å². The van der Waals surface area contributed by atoms with Gasteiger partial charge < -0.3 is 14.8 Å². The molecule has 5 nitrogen and oxygen atoms in total. The van der Waals surface area contributed by atoms with Crippen molar-refractivity contribution in [2.75, 3.05) is 25.1 Å². The van der Waals surface area contributed by atoms with E-state index < -0.39 is 5.79 Å². The summed E-state index contributed by atoms with van der Waals surface area (Å²) in [4.78, 5) is 8.01. The molecule has 1 N–H and O–H groups in total. The summed E-state index contributed by atoms with van der Waals surface area (Å²) < 4.78 is 10.8. The summed E-state index contributed by atoms with van der Waals surface area (Å²) in [6, 6.07) is 0. The molecule has 15 heavy (non-hydrogen) atoms. The van der Waals surface area contributed by atoms with E-state index in [1.807, 2.05) is 6.92 Å². The van der Waals surface area contributed by atoms with E-state index >= 15 is 0 Å². The summed E-state index contributed by atoms with van der Waals surface area (Å²) in [5.74, 6) is -0.0667. The number of hydrogen-bond acceptors (Lipinski definition) is 5. The molecule has 2 rings (SSSR count). The minimum Gasteiger partial charge on any atom is -0.349 e. The summed E-state index contributed by atoms with van der Waals surface area (Å²) >= 11 is 5.66. The van der Waals surface area contributed by atoms with Crippen LogP contribution >= 0.6 is 11.6 Å². The molecule has 2 heterocycles. The van der Waals surface area contributed by atoms with Crippen LogP contribution in [0.5, 0.6) is 0 Å². The summed E-state index contributed by atoms with van der Waals surface area (Å²) in [5, 5.41) is 3.54. The van der Waals surface area contributed by atoms with Crippen molar-refractivity contribution in [3.8, 4) is 0 Å². The van der Waals surface area contributed by atoms with Gasteiger partial charge in [0.2, 0.25) is 5.95 Å². The Labute approximate surface area is 92.8 Å². The third-order valence-electron chi connectivity index (χ3n) is 2.09. The molecule has 0 saturated carbocycles. The van der Waals surface area contributed by atoms with Gasteiger partial charge in [0.1, 0.15) is 0 Å². The number of ether oxygens (including phenoxy) is 2. The van der Waals surface area contributed by atoms with Crippen molar-refractivity contribution in [2.45, 2.75) is 12.7 Å². The average molecular weight is 230 g/mol. The molecule has 1 saturated heterocycles. The molecule has 6 heteroatoms. The van der Waals surface area contributed by atoms with Gasteiger partial charge in [-0.3, -0.25) is 0 Å². The SMILES string of the molecule is CC1(CNc2ncc(Cl)cn2)OCCO1. The molecule has 0 aromatic carbocycles. The van der Waals surface area contributed by atoms with E-state index in [0.717, 1.165) is 0 Å². The third-order valence-corrected chi connectivity index (χ3v) is 2.28. The first-order chi connectivity index (χ1) is 7.18. The third kappa shape index (κ3) is 2.77. The van der Waals surface area contributed by atoms with E-state index in [9.17, 15) is 0 Å². The lowest BCUT2D eigenvalue weighted by molar-refractivity contribution is -0.129. The minimum absolute atomic E-state index is 0.509. The molecule has 0 spiro atoms. The molecular formula is C9H12ClN3O2. The zero-order valence-corrected chi connectivity index (χ0v) is 9.12. The van der Waals surface area contributed by atoms with Crippen molar-refractivity contribution in [3.05, 3.63) is 17.4 Å². The van der Waals surface area contributed by atoms with E-state index in [0.29, 0.717) is 30.7 Å². The molecule has 0 radical (unpaired) electrons. The van der Waals surface area contributed by atoms with Gasteiger partial charge >= 0.3 is 0 Å². The summed E-state index contributed by atoms with van der Waals surface area (Å²) in [5.41, 5.74) is 0. The van der Waals surface area contributed by atoms with Crippen molar-refractivity contribution in [3.63, 3.8) is 0 Å². The van der Waals surface area contributed by atoms with E-state index in [2.05, 4.69) is 15.3 Å². The summed E-state index contributed by atoms with van der Waals surface area (Å²) in [6.45, 7) is 3.64. The first-order valence-corrected chi connectivity index (χ1v) is 5.05. The molecule has 1 aliphatic rings. The van der Waals surface area contributed by atoms with Crippen molar-refractivity contribution < 1.29 is 9.47 Å². The zero-order chi connectivity index (χ0) is 10.7. The Bertz CT molecular complexity index is 325. The normalized spacial score (nSPS) is 19.1. The van der Waals surface area contributed by atoms with Crippen LogP contribution in [0.1, 0.15) is 6.92 Å². The molecular weight excluding hydrogens is 218 g/mol. The fourth-order valence-electron chi connectivity index (χ4n) is 1.30. The van der Waals surface area contributed by atoms with Crippen molar-refractivity contribution in [1.82, 2.24) is 9.97 Å². The maximum Gasteiger partial charge on any atom is 0.222 e. The first-order valence-electron chi connectivity index (χ1n) is 4.67. The Morgan fingerprint density at radius 1 is 1.40 bits per heavy atom. The van der Waals surface area contributed by atoms with Gasteiger partial charge in [-0.25, -0.2) is 9.97 Å². The van der Waals surface area contributed by atoms with Crippen molar-refractivity contribution in [1.29, 1.82) is 0 Å². The highest BCUT2D eigenvalue weighted by molar-refractivity contribution is 6.30. The molecule has 1 aromatic rings. The average Bonchev–Trinajstić information content (AvgIpc) is 2.65. The lowest BCUT2D eigenvalue weighted by Crippen LogP contribution is -2.34. The maximum absolute atomic E-state index is 5.66. The van der Waals surface area contributed by atoms with Gasteiger partial charge in [0.15, 0.2) is 5.79 Å². The number of hydrogen-bond donors (Lipinski definition) is 1. The lowest BCUT2D eigenvalue weighted by atomic mass is 10.3. The molecule has 0 atom stereocenters. The smallest absolute Gasteiger partial charge is 0.222 e. The van der Waals surface area contributed by atoms with Crippen molar-refractivity contribution in [2.24, 2.45) is 0 Å². The van der Waals surface area contributed by atoms with Crippen LogP contribution in [0.4, 0.5) is 5.95 Å². The highest BCUT2D eigenvalue weighted by Gasteiger charge is 2.30. The largest absolute Gasteiger partial charge is 0.349 e. The zero-order valence-electron chi connectivity index (χ0n) is 8.36. The molecule has 1 aliphatic heterocycles. The number of anilines is 1. The highest BCUT2D eigenvalue weighted by atomic mass is 35.5. The van der Waals surface area contributed by atoms with Crippen LogP contribution in [-0.2, 0) is 9.47 Å². The van der Waals surface area contributed by atoms with Crippen LogP contribution in [0.25, 0.3) is 0 Å². The molecule has 1 fully saturated rings. The van der Waals surface area contributed by atoms with Gasteiger partial charge in [0.25, 0.3) is 0 Å². The maximum atomic E-state index is 5.66. The lowest BCUT2D eigenvalue weighted by Gasteiger charge is -2.22. The second-order valence-electron chi connectivity index (χ2n) is 3.41. The summed E-state index contributed by atoms with van der Waals surface area (Å²) in [6.07, 6.45) is 3.07. The van der Waals surface area contributed by atoms with E-state index in [-0.39, 0.29) is 0 Å². The topological polar surface area (TPSA) is 56.3 Å². The molecule has 1 aromatic heterocycles. The van der Waals surface area contributed by atoms with Crippen LogP contribution in [0.15, 0.2) is 12.4 Å². The second kappa shape index (κ2) is 4.30. The Hall–Kier alpha value is -0.910. The van der Waals surface area contributed by atoms with Gasteiger partial charge in [-0.2, -0.15) is 0 Å². The Kier molecular flexibility index (Phi) is 3.04. The Morgan fingerprint density at radius 3 is 2.60 bits per heavy atom. The van der Waals surface area contributed by atoms with Crippen LogP contribution < -0.4 is 5.32 Å². The van der Waals surface area contributed by atoms with Crippen LogP contribution in [0.3, 0.4) is 0 Å². The van der Waals surface area contributed by atoms with Crippen molar-refractivity contribution >= 4 is 17.5 Å². The number of aromatic nitrogens is 2. The van der Waals surface area contributed by atoms with Gasteiger partial charge in [-0.1, -0.05) is 11.6 Å². The fraction of sp³-hybridized carbons (Fsp3) is 0.556. The molecule has 0 amide bonds. The first kappa shape index (κ1) is 10.6. The minimum atomic E-state index is -0.580. The number of rotatable bonds is 3. The standard InChI is InChI=1S/C9H12ClN3O2/c1-9(14-2-3-15-9)6-13-8-11-4-7(10)5-12-8/h4-5H,2-3,6H2,1H3,(H,11,12,13). The molecule has 0 bridgehead atoms. The number of halogens is 1. The monoisotopic (exact) mass is 229 g/mol. The Morgan fingerprint density at radius 2 is 2.00 bits per heavy atom. The second-order valence-corrected chi connectivity index (χ2v) is 3.85. The fourth-order valence-corrected chi connectivity index (χ4v) is 1.40. The number of nitrogens with one attached hydrogen (secondary N) is 1. The summed E-state index contributed by atoms with van der Waals surface area (Å²) in [7, 11) is 0. The van der Waals surface area contributed by atoms with Crippen LogP contribution in [-0.4, -0.2) is 35.5 Å². The van der Waals surface area contributed by atoms with Gasteiger partial charge in [-0.15, -0.1) is 0 Å². The predicted molar refractivity (Wildman–Crippen MR) is 55.8 cm³/mol. The molecule has 82 valence electrons. The number of nitrogens with zero attached hydrogens (tertiary/aromatic N) is 2. The molecule has 0 unspecified atom stereocenters. The van der Waals surface area contributed by atoms with E-state index in [4.69, 9.17) is 21.1 Å². The Balaban J connectivity index is 1.90. The van der Waals surface area contributed by atoms with Crippen LogP contribution in [0, 0.1) is 0 Å².